The molecule has 0 unspecified atom stereocenters. The van der Waals surface area contributed by atoms with Crippen LogP contribution in [0.15, 0.2) is 11.6 Å². The van der Waals surface area contributed by atoms with Gasteiger partial charge in [0.15, 0.2) is 18.9 Å². The molecule has 1 spiro atoms. The van der Waals surface area contributed by atoms with Crippen LogP contribution in [0.2, 0.25) is 0 Å². The van der Waals surface area contributed by atoms with Gasteiger partial charge >= 0.3 is 0 Å². The average Bonchev–Trinajstić information content (AvgIpc) is 3.70. The Kier molecular flexibility index (Phi) is 12.9. The van der Waals surface area contributed by atoms with E-state index < -0.39 is 111 Å². The summed E-state index contributed by atoms with van der Waals surface area (Å²) in [6, 6.07) is 0. The Balaban J connectivity index is 0.940. The van der Waals surface area contributed by atoms with Crippen molar-refractivity contribution >= 4 is 0 Å². The van der Waals surface area contributed by atoms with Gasteiger partial charge in [0.05, 0.1) is 31.5 Å². The van der Waals surface area contributed by atoms with E-state index in [4.69, 9.17) is 33.2 Å². The van der Waals surface area contributed by atoms with E-state index in [-0.39, 0.29) is 22.7 Å². The molecule has 10 N–H and O–H groups in total. The highest BCUT2D eigenvalue weighted by atomic mass is 16.8. The molecule has 354 valence electrons. The molecule has 0 bridgehead atoms. The normalized spacial score (nSPS) is 57.6. The highest BCUT2D eigenvalue weighted by Crippen LogP contribution is 2.70. The number of ether oxygens (including phenoxy) is 7. The number of hydrogen-bond donors (Lipinski definition) is 10. The molecule has 0 amide bonds. The zero-order valence-corrected chi connectivity index (χ0v) is 36.7. The van der Waals surface area contributed by atoms with Crippen LogP contribution in [0.5, 0.6) is 0 Å². The molecule has 0 aromatic carbocycles. The first kappa shape index (κ1) is 46.2. The van der Waals surface area contributed by atoms with E-state index in [0.29, 0.717) is 48.3 Å². The third kappa shape index (κ3) is 7.49. The predicted octanol–water partition coefficient (Wildman–Crippen LogP) is -0.213. The first-order valence-corrected chi connectivity index (χ1v) is 23.5. The van der Waals surface area contributed by atoms with Gasteiger partial charge in [0.2, 0.25) is 0 Å². The lowest BCUT2D eigenvalue weighted by atomic mass is 9.47. The molecule has 3 saturated carbocycles. The van der Waals surface area contributed by atoms with Crippen molar-refractivity contribution in [2.75, 3.05) is 19.8 Å². The fraction of sp³-hybridized carbons (Fsp3) is 0.956. The zero-order chi connectivity index (χ0) is 44.2. The molecule has 17 nitrogen and oxygen atoms in total. The van der Waals surface area contributed by atoms with E-state index >= 15 is 0 Å². The first-order valence-electron chi connectivity index (χ1n) is 23.5. The maximum absolute atomic E-state index is 11.6. The molecule has 5 heterocycles. The van der Waals surface area contributed by atoms with Crippen LogP contribution >= 0.6 is 0 Å². The van der Waals surface area contributed by atoms with Gasteiger partial charge in [-0.05, 0) is 105 Å². The molecule has 9 rings (SSSR count). The minimum absolute atomic E-state index is 0.0361. The molecule has 4 aliphatic carbocycles. The third-order valence-electron chi connectivity index (χ3n) is 17.9. The Morgan fingerprint density at radius 3 is 2.05 bits per heavy atom. The van der Waals surface area contributed by atoms with Gasteiger partial charge in [0.25, 0.3) is 0 Å². The van der Waals surface area contributed by atoms with Crippen molar-refractivity contribution in [3.63, 3.8) is 0 Å². The summed E-state index contributed by atoms with van der Waals surface area (Å²) in [6.07, 6.45) is -11.9. The van der Waals surface area contributed by atoms with E-state index in [1.807, 2.05) is 0 Å². The Hall–Kier alpha value is -0.940. The zero-order valence-electron chi connectivity index (χ0n) is 36.7. The minimum atomic E-state index is -1.84. The number of aliphatic hydroxyl groups excluding tert-OH is 9. The lowest BCUT2D eigenvalue weighted by molar-refractivity contribution is -0.394. The van der Waals surface area contributed by atoms with E-state index in [2.05, 4.69) is 39.1 Å². The molecule has 26 atom stereocenters. The highest BCUT2D eigenvalue weighted by Gasteiger charge is 2.68. The van der Waals surface area contributed by atoms with Crippen LogP contribution in [0, 0.1) is 46.3 Å². The number of nitrogens with one attached hydrogen (secondary N) is 1. The molecular formula is C45H73NO16. The van der Waals surface area contributed by atoms with Crippen LogP contribution in [0.25, 0.3) is 0 Å². The maximum Gasteiger partial charge on any atom is 0.187 e. The van der Waals surface area contributed by atoms with Crippen molar-refractivity contribution in [1.82, 2.24) is 5.32 Å². The van der Waals surface area contributed by atoms with Crippen LogP contribution < -0.4 is 5.32 Å². The van der Waals surface area contributed by atoms with Crippen LogP contribution in [0.3, 0.4) is 0 Å². The fourth-order valence-corrected chi connectivity index (χ4v) is 14.2. The summed E-state index contributed by atoms with van der Waals surface area (Å²) < 4.78 is 43.9. The molecule has 0 radical (unpaired) electrons. The van der Waals surface area contributed by atoms with Crippen molar-refractivity contribution in [2.24, 2.45) is 46.3 Å². The number of piperidine rings is 1. The molecule has 0 aromatic rings. The van der Waals surface area contributed by atoms with Gasteiger partial charge in [0, 0.05) is 12.5 Å². The second-order valence-electron chi connectivity index (χ2n) is 21.2. The molecular weight excluding hydrogens is 810 g/mol. The quantitative estimate of drug-likeness (QED) is 0.142. The number of fused-ring (bicyclic) bond motifs is 7. The molecule has 62 heavy (non-hydrogen) atoms. The van der Waals surface area contributed by atoms with E-state index in [1.54, 1.807) is 0 Å². The van der Waals surface area contributed by atoms with Crippen LogP contribution in [-0.2, 0) is 33.2 Å². The van der Waals surface area contributed by atoms with Gasteiger partial charge in [-0.15, -0.1) is 0 Å². The minimum Gasteiger partial charge on any atom is -0.394 e. The van der Waals surface area contributed by atoms with Gasteiger partial charge < -0.3 is 79.1 Å². The summed E-state index contributed by atoms with van der Waals surface area (Å²) in [5.74, 6) is 3.32. The van der Waals surface area contributed by atoms with Crippen LogP contribution in [0.4, 0.5) is 0 Å². The molecule has 8 fully saturated rings. The highest BCUT2D eigenvalue weighted by molar-refractivity contribution is 5.26. The SMILES string of the molecule is C[C@@H]1CC[C@@]2(NC1)O[C@H]1C[C@@H]3[C@@H]4CC=C5C[C@@H](O[C@@H]6O[C@H](CO)[C@H](O)[C@H](O[C@@H]7O[C@H](CO)[C@@H](O)[C@H](O)[C@H]7O)[C@H]6O[C@@H]6O[C@@H](C)[C@H](O)[C@@H](O)[C@H]6O)CC[C@]5(C)[C@@H]4CC[C@]3(C)[C@H]1[C@@H]2C. The smallest absolute Gasteiger partial charge is 0.187 e. The Morgan fingerprint density at radius 2 is 1.35 bits per heavy atom. The molecule has 5 aliphatic heterocycles. The van der Waals surface area contributed by atoms with Gasteiger partial charge in [0.1, 0.15) is 72.9 Å². The van der Waals surface area contributed by atoms with Crippen molar-refractivity contribution in [3.8, 4) is 0 Å². The van der Waals surface area contributed by atoms with E-state index in [0.717, 1.165) is 38.6 Å². The van der Waals surface area contributed by atoms with Gasteiger partial charge in [-0.25, -0.2) is 0 Å². The van der Waals surface area contributed by atoms with Crippen LogP contribution in [-0.4, -0.2) is 176 Å². The average molecular weight is 884 g/mol. The van der Waals surface area contributed by atoms with Gasteiger partial charge in [-0.1, -0.05) is 39.3 Å². The number of aliphatic hydroxyl groups is 9. The number of rotatable bonds is 8. The van der Waals surface area contributed by atoms with Crippen molar-refractivity contribution in [1.29, 1.82) is 0 Å². The standard InChI is InChI=1S/C45H73NO16/c1-19-8-13-45(46-16-19)20(2)30-27(62-45)15-26-24-7-6-22-14-23(9-11-43(22,4)25(24)10-12-44(26,30)5)57-42-39(61-40-36(54)34(52)31(49)21(3)56-40)38(33(51)29(18-48)59-42)60-41-37(55)35(53)32(50)28(17-47)58-41/h6,19-21,23-42,46-55H,7-18H2,1-5H3/t19-,20+,21+,23+,24-,25-,26-,27+,28-,29-,30+,31+,32-,33+,34-,35+,36-,37-,38+,39-,40+,41+,42-,43+,44+,45-/m1/s1. The Morgan fingerprint density at radius 1 is 0.694 bits per heavy atom. The molecule has 9 aliphatic rings. The second kappa shape index (κ2) is 17.3. The predicted molar refractivity (Wildman–Crippen MR) is 216 cm³/mol. The van der Waals surface area contributed by atoms with E-state index in [1.165, 1.54) is 25.3 Å². The van der Waals surface area contributed by atoms with Gasteiger partial charge in [-0.3, -0.25) is 5.32 Å². The van der Waals surface area contributed by atoms with Crippen LogP contribution in [0.1, 0.15) is 92.4 Å². The summed E-state index contributed by atoms with van der Waals surface area (Å²) >= 11 is 0. The Labute approximate surface area is 364 Å². The third-order valence-corrected chi connectivity index (χ3v) is 17.9. The summed E-state index contributed by atoms with van der Waals surface area (Å²) in [5, 5.41) is 99.7. The molecule has 17 heteroatoms. The van der Waals surface area contributed by atoms with Gasteiger partial charge in [-0.2, -0.15) is 0 Å². The maximum atomic E-state index is 11.6. The summed E-state index contributed by atoms with van der Waals surface area (Å²) in [7, 11) is 0. The lowest BCUT2D eigenvalue weighted by Gasteiger charge is -2.59. The summed E-state index contributed by atoms with van der Waals surface area (Å²) in [5.41, 5.74) is 1.32. The fourth-order valence-electron chi connectivity index (χ4n) is 14.2. The molecule has 5 saturated heterocycles. The second-order valence-corrected chi connectivity index (χ2v) is 21.2. The van der Waals surface area contributed by atoms with Crippen molar-refractivity contribution in [2.45, 2.75) is 202 Å². The largest absolute Gasteiger partial charge is 0.394 e. The van der Waals surface area contributed by atoms with E-state index in [9.17, 15) is 46.0 Å². The molecule has 0 aromatic heterocycles. The lowest BCUT2D eigenvalue weighted by Crippen LogP contribution is -2.67. The Bertz CT molecular complexity index is 1610. The topological polar surface area (TPSA) is 259 Å². The first-order chi connectivity index (χ1) is 29.4. The monoisotopic (exact) mass is 883 g/mol. The van der Waals surface area contributed by atoms with Crippen molar-refractivity contribution in [3.05, 3.63) is 11.6 Å². The van der Waals surface area contributed by atoms with Crippen molar-refractivity contribution < 1.29 is 79.1 Å². The summed E-state index contributed by atoms with van der Waals surface area (Å²) in [6.45, 7) is 10.8. The number of allylic oxidation sites excluding steroid dienone is 1. The number of hydrogen-bond acceptors (Lipinski definition) is 17. The summed E-state index contributed by atoms with van der Waals surface area (Å²) in [4.78, 5) is 0.